The Labute approximate surface area is 137 Å². The van der Waals surface area contributed by atoms with E-state index in [0.717, 1.165) is 0 Å². The Morgan fingerprint density at radius 3 is 2.57 bits per heavy atom. The predicted molar refractivity (Wildman–Crippen MR) is 88.3 cm³/mol. The fourth-order valence-corrected chi connectivity index (χ4v) is 2.05. The van der Waals surface area contributed by atoms with E-state index in [9.17, 15) is 4.79 Å². The predicted octanol–water partition coefficient (Wildman–Crippen LogP) is 2.01. The largest absolute Gasteiger partial charge is 0.495 e. The summed E-state index contributed by atoms with van der Waals surface area (Å²) in [5, 5.41) is 2.78. The summed E-state index contributed by atoms with van der Waals surface area (Å²) in [6, 6.07) is 1.64. The van der Waals surface area contributed by atoms with Gasteiger partial charge in [0.2, 0.25) is 0 Å². The lowest BCUT2D eigenvalue weighted by molar-refractivity contribution is 0.00578. The Morgan fingerprint density at radius 2 is 1.96 bits per heavy atom. The van der Waals surface area contributed by atoms with Crippen molar-refractivity contribution in [3.63, 3.8) is 0 Å². The number of nitrogens with one attached hydrogen (secondary N) is 1. The van der Waals surface area contributed by atoms with Crippen LogP contribution in [0, 0.1) is 0 Å². The third kappa shape index (κ3) is 4.12. The molecule has 2 rings (SSSR count). The summed E-state index contributed by atoms with van der Waals surface area (Å²) in [6.45, 7) is 8.37. The highest BCUT2D eigenvalue weighted by molar-refractivity contribution is 6.51. The lowest BCUT2D eigenvalue weighted by atomic mass is 9.90. The highest BCUT2D eigenvalue weighted by Crippen LogP contribution is 2.36. The van der Waals surface area contributed by atoms with E-state index >= 15 is 0 Å². The third-order valence-corrected chi connectivity index (χ3v) is 4.16. The van der Waals surface area contributed by atoms with Crippen LogP contribution in [0.1, 0.15) is 38.1 Å². The minimum atomic E-state index is -0.407. The van der Waals surface area contributed by atoms with E-state index in [-0.39, 0.29) is 17.1 Å². The number of methoxy groups -OCH3 is 1. The lowest BCUT2D eigenvalue weighted by Crippen LogP contribution is -2.41. The molecular weight excluding hydrogens is 295 g/mol. The maximum absolute atomic E-state index is 12.0. The molecule has 1 aliphatic rings. The highest BCUT2D eigenvalue weighted by Gasteiger charge is 2.49. The molecule has 1 N–H and O–H groups in total. The number of carbonyl (C=O) groups excluding carboxylic acids is 1. The van der Waals surface area contributed by atoms with E-state index in [1.54, 1.807) is 18.2 Å². The molecule has 1 aromatic rings. The Balaban J connectivity index is 1.84. The van der Waals surface area contributed by atoms with Gasteiger partial charge in [0.1, 0.15) is 5.75 Å². The minimum absolute atomic E-state index is 0.213. The summed E-state index contributed by atoms with van der Waals surface area (Å²) in [6.07, 6.45) is 4.86. The number of aromatic nitrogens is 1. The SMILES string of the molecule is COc1cncc(C(=O)NC/C=C/B2OC(C)(C)C(C)(C)O2)c1. The van der Waals surface area contributed by atoms with Gasteiger partial charge in [-0.15, -0.1) is 0 Å². The fraction of sp³-hybridized carbons (Fsp3) is 0.500. The van der Waals surface area contributed by atoms with Crippen molar-refractivity contribution in [2.24, 2.45) is 0 Å². The summed E-state index contributed by atoms with van der Waals surface area (Å²) in [5.74, 6) is 2.14. The van der Waals surface area contributed by atoms with Crippen LogP contribution in [0.25, 0.3) is 0 Å². The maximum Gasteiger partial charge on any atom is 0.486 e. The van der Waals surface area contributed by atoms with Gasteiger partial charge in [-0.25, -0.2) is 0 Å². The second kappa shape index (κ2) is 6.72. The van der Waals surface area contributed by atoms with E-state index in [0.29, 0.717) is 17.9 Å². The molecule has 0 spiro atoms. The fourth-order valence-electron chi connectivity index (χ4n) is 2.05. The lowest BCUT2D eigenvalue weighted by Gasteiger charge is -2.32. The average molecular weight is 318 g/mol. The molecule has 0 unspecified atom stereocenters. The first-order valence-corrected chi connectivity index (χ1v) is 7.55. The number of ether oxygens (including phenoxy) is 1. The van der Waals surface area contributed by atoms with Crippen LogP contribution in [0.5, 0.6) is 5.75 Å². The van der Waals surface area contributed by atoms with E-state index < -0.39 is 7.12 Å². The van der Waals surface area contributed by atoms with E-state index in [1.165, 1.54) is 13.3 Å². The molecule has 0 saturated carbocycles. The van der Waals surface area contributed by atoms with Gasteiger partial charge < -0.3 is 19.4 Å². The van der Waals surface area contributed by atoms with Crippen LogP contribution in [-0.4, -0.2) is 42.9 Å². The zero-order chi connectivity index (χ0) is 17.1. The van der Waals surface area contributed by atoms with Gasteiger partial charge >= 0.3 is 7.12 Å². The molecule has 2 heterocycles. The van der Waals surface area contributed by atoms with Crippen molar-refractivity contribution in [1.82, 2.24) is 10.3 Å². The van der Waals surface area contributed by atoms with Crippen molar-refractivity contribution in [3.05, 3.63) is 36.1 Å². The van der Waals surface area contributed by atoms with Crippen molar-refractivity contribution in [2.45, 2.75) is 38.9 Å². The van der Waals surface area contributed by atoms with E-state index in [1.807, 2.05) is 33.8 Å². The average Bonchev–Trinajstić information content (AvgIpc) is 2.71. The number of rotatable bonds is 5. The molecule has 0 aromatic carbocycles. The van der Waals surface area contributed by atoms with Crippen LogP contribution >= 0.6 is 0 Å². The third-order valence-electron chi connectivity index (χ3n) is 4.16. The molecule has 0 atom stereocenters. The summed E-state index contributed by atoms with van der Waals surface area (Å²) < 4.78 is 16.7. The van der Waals surface area contributed by atoms with Crippen molar-refractivity contribution < 1.29 is 18.8 Å². The summed E-state index contributed by atoms with van der Waals surface area (Å²) in [4.78, 5) is 16.0. The van der Waals surface area contributed by atoms with Crippen LogP contribution in [-0.2, 0) is 9.31 Å². The molecule has 1 aliphatic heterocycles. The zero-order valence-electron chi connectivity index (χ0n) is 14.3. The first-order valence-electron chi connectivity index (χ1n) is 7.55. The second-order valence-electron chi connectivity index (χ2n) is 6.38. The Hall–Kier alpha value is -1.86. The molecule has 6 nitrogen and oxygen atoms in total. The first-order chi connectivity index (χ1) is 10.7. The molecule has 23 heavy (non-hydrogen) atoms. The number of nitrogens with zero attached hydrogens (tertiary/aromatic N) is 1. The van der Waals surface area contributed by atoms with Crippen molar-refractivity contribution >= 4 is 13.0 Å². The Morgan fingerprint density at radius 1 is 1.30 bits per heavy atom. The number of hydrogen-bond acceptors (Lipinski definition) is 5. The molecule has 0 radical (unpaired) electrons. The molecule has 1 amide bonds. The van der Waals surface area contributed by atoms with Crippen LogP contribution < -0.4 is 10.1 Å². The smallest absolute Gasteiger partial charge is 0.486 e. The van der Waals surface area contributed by atoms with Crippen LogP contribution in [0.15, 0.2) is 30.5 Å². The van der Waals surface area contributed by atoms with Crippen molar-refractivity contribution in [2.75, 3.05) is 13.7 Å². The van der Waals surface area contributed by atoms with Gasteiger partial charge in [-0.1, -0.05) is 12.1 Å². The molecule has 7 heteroatoms. The Kier molecular flexibility index (Phi) is 5.11. The summed E-state index contributed by atoms with van der Waals surface area (Å²) in [7, 11) is 1.13. The topological polar surface area (TPSA) is 69.7 Å². The summed E-state index contributed by atoms with van der Waals surface area (Å²) >= 11 is 0. The summed E-state index contributed by atoms with van der Waals surface area (Å²) in [5.41, 5.74) is -0.275. The number of hydrogen-bond donors (Lipinski definition) is 1. The highest BCUT2D eigenvalue weighted by atomic mass is 16.7. The van der Waals surface area contributed by atoms with E-state index in [4.69, 9.17) is 14.0 Å². The molecule has 124 valence electrons. The number of carbonyl (C=O) groups is 1. The van der Waals surface area contributed by atoms with Gasteiger partial charge in [-0.3, -0.25) is 9.78 Å². The van der Waals surface area contributed by atoms with Gasteiger partial charge in [-0.2, -0.15) is 0 Å². The van der Waals surface area contributed by atoms with Crippen molar-refractivity contribution in [1.29, 1.82) is 0 Å². The molecule has 0 aliphatic carbocycles. The second-order valence-corrected chi connectivity index (χ2v) is 6.38. The standard InChI is InChI=1S/C16H23BN2O4/c1-15(2)16(3,4)23-17(22-15)7-6-8-19-14(20)12-9-13(21-5)11-18-10-12/h6-7,9-11H,8H2,1-5H3,(H,19,20)/b7-6+. The van der Waals surface area contributed by atoms with Crippen molar-refractivity contribution in [3.8, 4) is 5.75 Å². The number of pyridine rings is 1. The van der Waals surface area contributed by atoms with E-state index in [2.05, 4.69) is 10.3 Å². The first kappa shape index (κ1) is 17.5. The van der Waals surface area contributed by atoms with Gasteiger partial charge in [0, 0.05) is 12.7 Å². The van der Waals surface area contributed by atoms with Gasteiger partial charge in [0.05, 0.1) is 30.1 Å². The van der Waals surface area contributed by atoms with Gasteiger partial charge in [0.15, 0.2) is 0 Å². The zero-order valence-corrected chi connectivity index (χ0v) is 14.3. The molecule has 1 saturated heterocycles. The minimum Gasteiger partial charge on any atom is -0.495 e. The quantitative estimate of drug-likeness (QED) is 0.841. The van der Waals surface area contributed by atoms with Gasteiger partial charge in [0.25, 0.3) is 5.91 Å². The molecule has 1 fully saturated rings. The molecule has 1 aromatic heterocycles. The molecular formula is C16H23BN2O4. The normalized spacial score (nSPS) is 19.1. The van der Waals surface area contributed by atoms with Gasteiger partial charge in [-0.05, 0) is 33.8 Å². The Bertz CT molecular complexity index is 585. The van der Waals surface area contributed by atoms with Crippen LogP contribution in [0.3, 0.4) is 0 Å². The number of amides is 1. The van der Waals surface area contributed by atoms with Crippen LogP contribution in [0.4, 0.5) is 0 Å². The monoisotopic (exact) mass is 318 g/mol. The maximum atomic E-state index is 12.0. The van der Waals surface area contributed by atoms with Crippen LogP contribution in [0.2, 0.25) is 0 Å². The molecule has 0 bridgehead atoms.